The minimum absolute atomic E-state index is 0.0463. The lowest BCUT2D eigenvalue weighted by atomic mass is 9.83. The fourth-order valence-electron chi connectivity index (χ4n) is 1.50. The molecule has 1 aliphatic rings. The molecule has 1 aliphatic heterocycles. The minimum Gasteiger partial charge on any atom is -0.355 e. The van der Waals surface area contributed by atoms with E-state index in [0.29, 0.717) is 0 Å². The lowest BCUT2D eigenvalue weighted by molar-refractivity contribution is -0.126. The highest BCUT2D eigenvalue weighted by Gasteiger charge is 2.32. The fourth-order valence-corrected chi connectivity index (χ4v) is 1.50. The van der Waals surface area contributed by atoms with Gasteiger partial charge in [-0.05, 0) is 19.3 Å². The zero-order valence-electron chi connectivity index (χ0n) is 7.31. The monoisotopic (exact) mass is 165 g/mol. The Bertz CT molecular complexity index is 200. The van der Waals surface area contributed by atoms with Gasteiger partial charge in [-0.1, -0.05) is 12.2 Å². The van der Waals surface area contributed by atoms with Crippen molar-refractivity contribution >= 4 is 5.91 Å². The summed E-state index contributed by atoms with van der Waals surface area (Å²) in [6.07, 6.45) is 6.33. The number of carbonyl (C=O) groups excluding carboxylic acids is 1. The molecule has 2 heteroatoms. The largest absolute Gasteiger partial charge is 0.355 e. The van der Waals surface area contributed by atoms with E-state index in [2.05, 4.69) is 18.5 Å². The van der Waals surface area contributed by atoms with Crippen LogP contribution in [-0.4, -0.2) is 12.5 Å². The van der Waals surface area contributed by atoms with Gasteiger partial charge in [0.2, 0.25) is 5.91 Å². The molecular weight excluding hydrogens is 150 g/mol. The van der Waals surface area contributed by atoms with E-state index < -0.39 is 5.41 Å². The average Bonchev–Trinajstić information content (AvgIpc) is 2.28. The van der Waals surface area contributed by atoms with E-state index in [9.17, 15) is 4.79 Å². The van der Waals surface area contributed by atoms with Crippen molar-refractivity contribution < 1.29 is 4.79 Å². The molecule has 0 unspecified atom stereocenters. The van der Waals surface area contributed by atoms with Crippen LogP contribution < -0.4 is 5.32 Å². The second-order valence-corrected chi connectivity index (χ2v) is 3.16. The van der Waals surface area contributed by atoms with Gasteiger partial charge in [-0.15, -0.1) is 13.2 Å². The van der Waals surface area contributed by atoms with Gasteiger partial charge in [0.1, 0.15) is 0 Å². The van der Waals surface area contributed by atoms with Crippen LogP contribution in [0.25, 0.3) is 0 Å². The SMILES string of the molecule is C=CC1(C=C)CCCCNC1=O. The molecule has 0 aliphatic carbocycles. The van der Waals surface area contributed by atoms with Crippen molar-refractivity contribution in [1.82, 2.24) is 5.32 Å². The lowest BCUT2D eigenvalue weighted by Crippen LogP contribution is -2.36. The summed E-state index contributed by atoms with van der Waals surface area (Å²) in [6, 6.07) is 0. The van der Waals surface area contributed by atoms with E-state index in [4.69, 9.17) is 0 Å². The summed E-state index contributed by atoms with van der Waals surface area (Å²) in [7, 11) is 0. The molecule has 0 radical (unpaired) electrons. The Morgan fingerprint density at radius 3 is 2.58 bits per heavy atom. The summed E-state index contributed by atoms with van der Waals surface area (Å²) in [5.74, 6) is 0.0463. The van der Waals surface area contributed by atoms with Crippen LogP contribution in [0.5, 0.6) is 0 Å². The Morgan fingerprint density at radius 1 is 1.33 bits per heavy atom. The molecular formula is C10H15NO. The summed E-state index contributed by atoms with van der Waals surface area (Å²) in [5.41, 5.74) is -0.517. The molecule has 0 spiro atoms. The maximum absolute atomic E-state index is 11.5. The third-order valence-corrected chi connectivity index (χ3v) is 2.45. The second-order valence-electron chi connectivity index (χ2n) is 3.16. The van der Waals surface area contributed by atoms with Crippen molar-refractivity contribution in [3.05, 3.63) is 25.3 Å². The third-order valence-electron chi connectivity index (χ3n) is 2.45. The number of rotatable bonds is 2. The Labute approximate surface area is 73.4 Å². The molecule has 0 bridgehead atoms. The van der Waals surface area contributed by atoms with Gasteiger partial charge in [0.25, 0.3) is 0 Å². The van der Waals surface area contributed by atoms with E-state index in [1.54, 1.807) is 12.2 Å². The Kier molecular flexibility index (Phi) is 2.69. The molecule has 1 N–H and O–H groups in total. The highest BCUT2D eigenvalue weighted by molar-refractivity contribution is 5.86. The average molecular weight is 165 g/mol. The van der Waals surface area contributed by atoms with E-state index in [-0.39, 0.29) is 5.91 Å². The summed E-state index contributed by atoms with van der Waals surface area (Å²) in [4.78, 5) is 11.5. The van der Waals surface area contributed by atoms with Crippen molar-refractivity contribution in [3.63, 3.8) is 0 Å². The fraction of sp³-hybridized carbons (Fsp3) is 0.500. The zero-order valence-corrected chi connectivity index (χ0v) is 7.31. The van der Waals surface area contributed by atoms with Crippen LogP contribution in [0.1, 0.15) is 19.3 Å². The molecule has 1 amide bonds. The van der Waals surface area contributed by atoms with Gasteiger partial charge in [-0.3, -0.25) is 4.79 Å². The molecule has 1 rings (SSSR count). The normalized spacial score (nSPS) is 22.2. The predicted octanol–water partition coefficient (Wildman–Crippen LogP) is 1.64. The van der Waals surface area contributed by atoms with E-state index in [1.165, 1.54) is 0 Å². The summed E-state index contributed by atoms with van der Waals surface area (Å²) < 4.78 is 0. The summed E-state index contributed by atoms with van der Waals surface area (Å²) >= 11 is 0. The Morgan fingerprint density at radius 2 is 2.00 bits per heavy atom. The molecule has 0 aromatic rings. The smallest absolute Gasteiger partial charge is 0.233 e. The van der Waals surface area contributed by atoms with Gasteiger partial charge < -0.3 is 5.32 Å². The standard InChI is InChI=1S/C10H15NO/c1-3-10(4-2)7-5-6-8-11-9(10)12/h3-4H,1-2,5-8H2,(H,11,12). The number of nitrogens with one attached hydrogen (secondary N) is 1. The molecule has 0 saturated carbocycles. The van der Waals surface area contributed by atoms with E-state index in [1.807, 2.05) is 0 Å². The van der Waals surface area contributed by atoms with Crippen molar-refractivity contribution in [2.24, 2.45) is 5.41 Å². The lowest BCUT2D eigenvalue weighted by Gasteiger charge is -2.22. The number of carbonyl (C=O) groups is 1. The van der Waals surface area contributed by atoms with Crippen LogP contribution in [0.4, 0.5) is 0 Å². The molecule has 0 aromatic carbocycles. The van der Waals surface area contributed by atoms with Crippen LogP contribution in [-0.2, 0) is 4.79 Å². The second kappa shape index (κ2) is 3.57. The van der Waals surface area contributed by atoms with Crippen molar-refractivity contribution in [2.75, 3.05) is 6.54 Å². The first-order chi connectivity index (χ1) is 5.75. The van der Waals surface area contributed by atoms with Crippen molar-refractivity contribution in [2.45, 2.75) is 19.3 Å². The third kappa shape index (κ3) is 1.42. The highest BCUT2D eigenvalue weighted by atomic mass is 16.2. The maximum atomic E-state index is 11.5. The first-order valence-electron chi connectivity index (χ1n) is 4.31. The molecule has 12 heavy (non-hydrogen) atoms. The molecule has 0 aromatic heterocycles. The zero-order chi connectivity index (χ0) is 9.03. The quantitative estimate of drug-likeness (QED) is 0.619. The summed E-state index contributed by atoms with van der Waals surface area (Å²) in [5, 5.41) is 2.86. The highest BCUT2D eigenvalue weighted by Crippen LogP contribution is 2.29. The predicted molar refractivity (Wildman–Crippen MR) is 49.7 cm³/mol. The summed E-state index contributed by atoms with van der Waals surface area (Å²) in [6.45, 7) is 8.15. The molecule has 1 heterocycles. The van der Waals surface area contributed by atoms with Gasteiger partial charge in [-0.2, -0.15) is 0 Å². The number of hydrogen-bond donors (Lipinski definition) is 1. The van der Waals surface area contributed by atoms with Crippen LogP contribution in [0.15, 0.2) is 25.3 Å². The Balaban J connectivity index is 2.87. The molecule has 1 fully saturated rings. The van der Waals surface area contributed by atoms with Gasteiger partial charge in [0.05, 0.1) is 5.41 Å². The van der Waals surface area contributed by atoms with E-state index in [0.717, 1.165) is 25.8 Å². The first kappa shape index (κ1) is 9.04. The minimum atomic E-state index is -0.517. The van der Waals surface area contributed by atoms with Crippen molar-refractivity contribution in [1.29, 1.82) is 0 Å². The topological polar surface area (TPSA) is 29.1 Å². The van der Waals surface area contributed by atoms with E-state index >= 15 is 0 Å². The van der Waals surface area contributed by atoms with Gasteiger partial charge >= 0.3 is 0 Å². The van der Waals surface area contributed by atoms with Crippen LogP contribution in [0.2, 0.25) is 0 Å². The maximum Gasteiger partial charge on any atom is 0.233 e. The Hall–Kier alpha value is -1.05. The molecule has 66 valence electrons. The number of hydrogen-bond acceptors (Lipinski definition) is 1. The van der Waals surface area contributed by atoms with Crippen molar-refractivity contribution in [3.8, 4) is 0 Å². The van der Waals surface area contributed by atoms with Gasteiger partial charge in [0.15, 0.2) is 0 Å². The van der Waals surface area contributed by atoms with Crippen LogP contribution >= 0.6 is 0 Å². The van der Waals surface area contributed by atoms with Crippen LogP contribution in [0.3, 0.4) is 0 Å². The first-order valence-corrected chi connectivity index (χ1v) is 4.31. The van der Waals surface area contributed by atoms with Gasteiger partial charge in [0, 0.05) is 6.54 Å². The van der Waals surface area contributed by atoms with Crippen LogP contribution in [0, 0.1) is 5.41 Å². The molecule has 1 saturated heterocycles. The number of amides is 1. The molecule has 2 nitrogen and oxygen atoms in total. The molecule has 0 atom stereocenters. The van der Waals surface area contributed by atoms with Gasteiger partial charge in [-0.25, -0.2) is 0 Å².